The first-order valence-electron chi connectivity index (χ1n) is 14.1. The fourth-order valence-corrected chi connectivity index (χ4v) is 6.41. The molecule has 1 aliphatic rings. The topological polar surface area (TPSA) is 117 Å². The Balaban J connectivity index is 1.85. The maximum absolute atomic E-state index is 14.7. The lowest BCUT2D eigenvalue weighted by atomic mass is 9.71. The Hall–Kier alpha value is -5.42. The summed E-state index contributed by atoms with van der Waals surface area (Å²) in [4.78, 5) is 44.2. The van der Waals surface area contributed by atoms with E-state index < -0.39 is 35.3 Å². The number of nitrogens with zero attached hydrogens (tertiary/aromatic N) is 2. The zero-order valence-corrected chi connectivity index (χ0v) is 24.9. The van der Waals surface area contributed by atoms with Gasteiger partial charge in [0.1, 0.15) is 5.54 Å². The second-order valence-electron chi connectivity index (χ2n) is 11.0. The molecule has 1 amide bonds. The predicted octanol–water partition coefficient (Wildman–Crippen LogP) is 6.21. The highest BCUT2D eigenvalue weighted by Crippen LogP contribution is 2.57. The Morgan fingerprint density at radius 2 is 1.50 bits per heavy atom. The Labute approximate surface area is 256 Å². The number of nitriles is 1. The highest BCUT2D eigenvalue weighted by Gasteiger charge is 2.65. The van der Waals surface area contributed by atoms with Crippen LogP contribution in [0.15, 0.2) is 97.1 Å². The van der Waals surface area contributed by atoms with E-state index in [1.54, 1.807) is 72.8 Å². The fraction of sp³-hybridized carbons (Fsp3) is 0.222. The van der Waals surface area contributed by atoms with Gasteiger partial charge < -0.3 is 19.5 Å². The van der Waals surface area contributed by atoms with Gasteiger partial charge in [0.05, 0.1) is 37.8 Å². The molecule has 1 fully saturated rings. The summed E-state index contributed by atoms with van der Waals surface area (Å²) < 4.78 is 11.0. The number of carboxylic acids is 1. The number of hydrogen-bond donors (Lipinski definition) is 1. The van der Waals surface area contributed by atoms with Crippen LogP contribution in [0.25, 0.3) is 0 Å². The number of ketones is 1. The molecule has 5 rings (SSSR count). The van der Waals surface area contributed by atoms with E-state index in [0.29, 0.717) is 39.3 Å². The van der Waals surface area contributed by atoms with Crippen molar-refractivity contribution in [2.75, 3.05) is 14.2 Å². The van der Waals surface area contributed by atoms with E-state index in [9.17, 15) is 24.8 Å². The summed E-state index contributed by atoms with van der Waals surface area (Å²) in [6, 6.07) is 28.3. The van der Waals surface area contributed by atoms with E-state index >= 15 is 0 Å². The van der Waals surface area contributed by atoms with Crippen LogP contribution < -0.4 is 9.47 Å². The van der Waals surface area contributed by atoms with Gasteiger partial charge in [0, 0.05) is 17.0 Å². The molecule has 0 aliphatic carbocycles. The number of likely N-dealkylation sites (tertiary alicyclic amines) is 1. The van der Waals surface area contributed by atoms with Crippen LogP contribution in [0.5, 0.6) is 11.5 Å². The minimum Gasteiger partial charge on any atom is -0.493 e. The Morgan fingerprint density at radius 3 is 2.09 bits per heavy atom. The van der Waals surface area contributed by atoms with Crippen molar-refractivity contribution in [3.63, 3.8) is 0 Å². The van der Waals surface area contributed by atoms with Gasteiger partial charge in [-0.25, -0.2) is 4.79 Å². The molecular formula is C36H32N2O6. The van der Waals surface area contributed by atoms with Gasteiger partial charge in [-0.05, 0) is 61.4 Å². The van der Waals surface area contributed by atoms with E-state index in [-0.39, 0.29) is 5.78 Å². The second-order valence-corrected chi connectivity index (χ2v) is 11.0. The number of aliphatic carboxylic acids is 1. The van der Waals surface area contributed by atoms with E-state index in [2.05, 4.69) is 6.07 Å². The molecule has 1 heterocycles. The molecule has 0 saturated carbocycles. The summed E-state index contributed by atoms with van der Waals surface area (Å²) in [5.41, 5.74) is 1.14. The lowest BCUT2D eigenvalue weighted by molar-refractivity contribution is -0.148. The second kappa shape index (κ2) is 12.1. The smallest absolute Gasteiger partial charge is 0.330 e. The van der Waals surface area contributed by atoms with Crippen LogP contribution in [-0.2, 0) is 4.79 Å². The van der Waals surface area contributed by atoms with Crippen LogP contribution in [0.1, 0.15) is 61.9 Å². The van der Waals surface area contributed by atoms with Crippen LogP contribution in [0, 0.1) is 24.2 Å². The maximum Gasteiger partial charge on any atom is 0.330 e. The molecular weight excluding hydrogens is 556 g/mol. The Morgan fingerprint density at radius 1 is 0.818 bits per heavy atom. The van der Waals surface area contributed by atoms with Gasteiger partial charge in [0.25, 0.3) is 5.91 Å². The third kappa shape index (κ3) is 5.07. The van der Waals surface area contributed by atoms with Gasteiger partial charge in [-0.3, -0.25) is 9.59 Å². The Bertz CT molecular complexity index is 1760. The maximum atomic E-state index is 14.7. The lowest BCUT2D eigenvalue weighted by Gasteiger charge is -2.38. The van der Waals surface area contributed by atoms with E-state index in [0.717, 1.165) is 5.56 Å². The number of carbonyl (C=O) groups is 3. The number of ether oxygens (including phenoxy) is 2. The average Bonchev–Trinajstić information content (AvgIpc) is 3.34. The first kappa shape index (κ1) is 30.1. The molecule has 44 heavy (non-hydrogen) atoms. The molecule has 1 N–H and O–H groups in total. The van der Waals surface area contributed by atoms with Gasteiger partial charge in [-0.2, -0.15) is 5.26 Å². The third-order valence-corrected chi connectivity index (χ3v) is 8.51. The van der Waals surface area contributed by atoms with Crippen LogP contribution in [0.4, 0.5) is 0 Å². The van der Waals surface area contributed by atoms with Crippen molar-refractivity contribution >= 4 is 17.7 Å². The molecule has 4 aromatic carbocycles. The van der Waals surface area contributed by atoms with Crippen LogP contribution in [-0.4, -0.2) is 47.4 Å². The molecule has 1 saturated heterocycles. The summed E-state index contributed by atoms with van der Waals surface area (Å²) in [5, 5.41) is 20.4. The van der Waals surface area contributed by atoms with Crippen molar-refractivity contribution in [3.8, 4) is 17.6 Å². The average molecular weight is 589 g/mol. The van der Waals surface area contributed by atoms with Gasteiger partial charge in [0.15, 0.2) is 17.3 Å². The molecule has 4 unspecified atom stereocenters. The van der Waals surface area contributed by atoms with Crippen molar-refractivity contribution in [1.29, 1.82) is 5.26 Å². The molecule has 8 heteroatoms. The molecule has 4 atom stereocenters. The zero-order valence-electron chi connectivity index (χ0n) is 24.9. The molecule has 0 aromatic heterocycles. The fourth-order valence-electron chi connectivity index (χ4n) is 6.41. The van der Waals surface area contributed by atoms with E-state index in [1.807, 2.05) is 31.2 Å². The number of methoxy groups -OCH3 is 2. The number of carboxylic acid groups (broad SMARTS) is 1. The first-order chi connectivity index (χ1) is 21.1. The monoisotopic (exact) mass is 588 g/mol. The van der Waals surface area contributed by atoms with Crippen LogP contribution >= 0.6 is 0 Å². The van der Waals surface area contributed by atoms with Gasteiger partial charge in [0.2, 0.25) is 0 Å². The number of amides is 1. The van der Waals surface area contributed by atoms with Gasteiger partial charge in [-0.1, -0.05) is 66.2 Å². The van der Waals surface area contributed by atoms with Crippen LogP contribution in [0.2, 0.25) is 0 Å². The lowest BCUT2D eigenvalue weighted by Crippen LogP contribution is -2.54. The third-order valence-electron chi connectivity index (χ3n) is 8.51. The number of aryl methyl sites for hydroxylation is 1. The number of hydrogen-bond acceptors (Lipinski definition) is 6. The number of rotatable bonds is 8. The summed E-state index contributed by atoms with van der Waals surface area (Å²) in [6.45, 7) is 3.41. The standard InChI is InChI=1S/C36H32N2O6/c1-22-9-8-12-27(19-22)32-30(33(39)24-15-13-23(21-37)14-16-24)31(26-17-18-28(43-3)29(20-26)44-4)36(2,35(41)42)38(32)34(40)25-10-6-5-7-11-25/h5-20,30-32H,1-4H3,(H,41,42). The van der Waals surface area contributed by atoms with Crippen molar-refractivity contribution in [3.05, 3.63) is 130 Å². The zero-order chi connectivity index (χ0) is 31.6. The van der Waals surface area contributed by atoms with Crippen LogP contribution in [0.3, 0.4) is 0 Å². The minimum absolute atomic E-state index is 0.301. The van der Waals surface area contributed by atoms with Crippen molar-refractivity contribution in [2.24, 2.45) is 5.92 Å². The summed E-state index contributed by atoms with van der Waals surface area (Å²) in [5.74, 6) is -3.36. The number of Topliss-reactive ketones (excluding diaryl/α,β-unsaturated/α-hetero) is 1. The highest BCUT2D eigenvalue weighted by atomic mass is 16.5. The predicted molar refractivity (Wildman–Crippen MR) is 164 cm³/mol. The van der Waals surface area contributed by atoms with E-state index in [4.69, 9.17) is 9.47 Å². The SMILES string of the molecule is COc1ccc(C2C(C(=O)c3ccc(C#N)cc3)C(c3cccc(C)c3)N(C(=O)c3ccccc3)C2(C)C(=O)O)cc1OC. The van der Waals surface area contributed by atoms with E-state index in [1.165, 1.54) is 26.0 Å². The number of carbonyl (C=O) groups excluding carboxylic acids is 2. The molecule has 0 bridgehead atoms. The quantitative estimate of drug-likeness (QED) is 0.243. The molecule has 0 radical (unpaired) electrons. The van der Waals surface area contributed by atoms with Crippen molar-refractivity contribution < 1.29 is 29.0 Å². The largest absolute Gasteiger partial charge is 0.493 e. The molecule has 4 aromatic rings. The Kier molecular flexibility index (Phi) is 8.23. The highest BCUT2D eigenvalue weighted by molar-refractivity contribution is 6.04. The van der Waals surface area contributed by atoms with Gasteiger partial charge >= 0.3 is 5.97 Å². The molecule has 1 aliphatic heterocycles. The van der Waals surface area contributed by atoms with Crippen molar-refractivity contribution in [1.82, 2.24) is 4.90 Å². The summed E-state index contributed by atoms with van der Waals surface area (Å²) in [7, 11) is 2.98. The van der Waals surface area contributed by atoms with Crippen molar-refractivity contribution in [2.45, 2.75) is 31.3 Å². The molecule has 0 spiro atoms. The first-order valence-corrected chi connectivity index (χ1v) is 14.1. The molecule has 8 nitrogen and oxygen atoms in total. The summed E-state index contributed by atoms with van der Waals surface area (Å²) in [6.07, 6.45) is 0. The molecule has 222 valence electrons. The minimum atomic E-state index is -1.88. The normalized spacial score (nSPS) is 20.9. The summed E-state index contributed by atoms with van der Waals surface area (Å²) >= 11 is 0. The van der Waals surface area contributed by atoms with Gasteiger partial charge in [-0.15, -0.1) is 0 Å². The number of benzene rings is 4.